The van der Waals surface area contributed by atoms with Crippen molar-refractivity contribution in [3.63, 3.8) is 0 Å². The van der Waals surface area contributed by atoms with Crippen LogP contribution in [0, 0.1) is 0 Å². The van der Waals surface area contributed by atoms with Crippen molar-refractivity contribution in [3.8, 4) is 0 Å². The molecule has 0 spiro atoms. The third kappa shape index (κ3) is 6.46. The first-order valence-corrected chi connectivity index (χ1v) is 8.57. The van der Waals surface area contributed by atoms with Gasteiger partial charge in [0.15, 0.2) is 0 Å². The summed E-state index contributed by atoms with van der Waals surface area (Å²) < 4.78 is 16.9. The predicted molar refractivity (Wildman–Crippen MR) is 73.5 cm³/mol. The van der Waals surface area contributed by atoms with Gasteiger partial charge in [-0.05, 0) is 27.2 Å². The Kier molecular flexibility index (Phi) is 9.39. The molecule has 0 aromatic carbocycles. The van der Waals surface area contributed by atoms with Crippen molar-refractivity contribution in [1.82, 2.24) is 0 Å². The monoisotopic (exact) mass is 308 g/mol. The maximum Gasteiger partial charge on any atom is 0.504 e. The molecule has 0 aliphatic heterocycles. The Hall–Kier alpha value is -0.963. The highest BCUT2D eigenvalue weighted by atomic mass is 28.4. The summed E-state index contributed by atoms with van der Waals surface area (Å²) in [5, 5.41) is 17.8. The number of carboxylic acids is 2. The summed E-state index contributed by atoms with van der Waals surface area (Å²) in [4.78, 5) is 21.8. The van der Waals surface area contributed by atoms with E-state index in [1.54, 1.807) is 20.8 Å². The maximum atomic E-state index is 11.0. The van der Waals surface area contributed by atoms with Gasteiger partial charge in [0.25, 0.3) is 0 Å². The van der Waals surface area contributed by atoms with Crippen LogP contribution in [0.15, 0.2) is 0 Å². The summed E-state index contributed by atoms with van der Waals surface area (Å²) in [5.74, 6) is -2.00. The van der Waals surface area contributed by atoms with Crippen molar-refractivity contribution in [2.24, 2.45) is 0 Å². The third-order valence-electron chi connectivity index (χ3n) is 2.66. The molecule has 1 atom stereocenters. The number of hydrogen-bond acceptors (Lipinski definition) is 5. The summed E-state index contributed by atoms with van der Waals surface area (Å²) >= 11 is 0. The van der Waals surface area contributed by atoms with Gasteiger partial charge in [-0.2, -0.15) is 0 Å². The molecule has 0 aromatic rings. The third-order valence-corrected chi connectivity index (χ3v) is 6.23. The van der Waals surface area contributed by atoms with Crippen LogP contribution in [0.5, 0.6) is 0 Å². The van der Waals surface area contributed by atoms with E-state index in [0.717, 1.165) is 0 Å². The molecule has 0 aliphatic carbocycles. The minimum atomic E-state index is -3.20. The van der Waals surface area contributed by atoms with E-state index in [4.69, 9.17) is 23.5 Å². The van der Waals surface area contributed by atoms with Gasteiger partial charge in [0, 0.05) is 31.8 Å². The lowest BCUT2D eigenvalue weighted by molar-refractivity contribution is -0.139. The molecule has 0 amide bonds. The Balaban J connectivity index is 5.20. The number of rotatable bonds is 12. The van der Waals surface area contributed by atoms with Gasteiger partial charge in [-0.1, -0.05) is 0 Å². The van der Waals surface area contributed by atoms with Gasteiger partial charge in [-0.3, -0.25) is 9.59 Å². The standard InChI is InChI=1S/C12H24O7Si/c1-4-17-20(18-5-2,19-6-3)10(9-12(15)16)7-8-11(13)14/h10H,4-9H2,1-3H3,(H,13,14)(H,15,16). The molecule has 0 bridgehead atoms. The quantitative estimate of drug-likeness (QED) is 0.529. The predicted octanol–water partition coefficient (Wildman–Crippen LogP) is 1.74. The fraction of sp³-hybridized carbons (Fsp3) is 0.833. The molecular formula is C12H24O7Si. The van der Waals surface area contributed by atoms with E-state index in [-0.39, 0.29) is 19.3 Å². The highest BCUT2D eigenvalue weighted by Crippen LogP contribution is 2.33. The van der Waals surface area contributed by atoms with Crippen molar-refractivity contribution < 1.29 is 33.1 Å². The van der Waals surface area contributed by atoms with Crippen LogP contribution in [0.2, 0.25) is 5.54 Å². The Bertz CT molecular complexity index is 291. The molecule has 0 saturated carbocycles. The Labute approximate surface area is 120 Å². The zero-order valence-corrected chi connectivity index (χ0v) is 13.3. The van der Waals surface area contributed by atoms with E-state index < -0.39 is 26.3 Å². The topological polar surface area (TPSA) is 102 Å². The molecule has 7 nitrogen and oxygen atoms in total. The van der Waals surface area contributed by atoms with E-state index in [1.165, 1.54) is 0 Å². The minimum absolute atomic E-state index is 0.139. The SMILES string of the molecule is CCO[Si](OCC)(OCC)C(CCC(=O)O)CC(=O)O. The van der Waals surface area contributed by atoms with Crippen LogP contribution < -0.4 is 0 Å². The fourth-order valence-corrected chi connectivity index (χ4v) is 5.08. The number of carboxylic acid groups (broad SMARTS) is 2. The highest BCUT2D eigenvalue weighted by molar-refractivity contribution is 6.62. The molecule has 0 rings (SSSR count). The van der Waals surface area contributed by atoms with Crippen molar-refractivity contribution in [3.05, 3.63) is 0 Å². The average Bonchev–Trinajstić information content (AvgIpc) is 2.34. The lowest BCUT2D eigenvalue weighted by Gasteiger charge is -2.34. The second-order valence-electron chi connectivity index (χ2n) is 4.13. The molecule has 0 aromatic heterocycles. The summed E-state index contributed by atoms with van der Waals surface area (Å²) in [6, 6.07) is 0. The zero-order valence-electron chi connectivity index (χ0n) is 12.3. The first-order valence-electron chi connectivity index (χ1n) is 6.77. The number of aliphatic carboxylic acids is 2. The molecule has 1 unspecified atom stereocenters. The van der Waals surface area contributed by atoms with E-state index >= 15 is 0 Å². The largest absolute Gasteiger partial charge is 0.504 e. The van der Waals surface area contributed by atoms with Gasteiger partial charge in [0.05, 0.1) is 6.42 Å². The normalized spacial score (nSPS) is 13.2. The Morgan fingerprint density at radius 1 is 0.950 bits per heavy atom. The lowest BCUT2D eigenvalue weighted by Crippen LogP contribution is -2.51. The number of carbonyl (C=O) groups is 2. The molecule has 8 heteroatoms. The molecule has 0 saturated heterocycles. The molecule has 0 fully saturated rings. The first-order chi connectivity index (χ1) is 9.41. The van der Waals surface area contributed by atoms with Crippen LogP contribution in [0.1, 0.15) is 40.0 Å². The van der Waals surface area contributed by atoms with Crippen LogP contribution in [0.3, 0.4) is 0 Å². The average molecular weight is 308 g/mol. The van der Waals surface area contributed by atoms with Gasteiger partial charge in [-0.15, -0.1) is 0 Å². The number of hydrogen-bond donors (Lipinski definition) is 2. The molecule has 0 aliphatic rings. The molecule has 118 valence electrons. The van der Waals surface area contributed by atoms with Gasteiger partial charge in [0.2, 0.25) is 0 Å². The second-order valence-corrected chi connectivity index (χ2v) is 7.02. The van der Waals surface area contributed by atoms with Crippen LogP contribution >= 0.6 is 0 Å². The summed E-state index contributed by atoms with van der Waals surface area (Å²) in [6.07, 6.45) is -0.201. The summed E-state index contributed by atoms with van der Waals surface area (Å²) in [5.41, 5.74) is -0.559. The second kappa shape index (κ2) is 9.86. The molecule has 20 heavy (non-hydrogen) atoms. The Morgan fingerprint density at radius 2 is 1.40 bits per heavy atom. The van der Waals surface area contributed by atoms with E-state index in [0.29, 0.717) is 19.8 Å². The molecular weight excluding hydrogens is 284 g/mol. The van der Waals surface area contributed by atoms with Crippen LogP contribution in [-0.4, -0.2) is 50.8 Å². The first kappa shape index (κ1) is 19.0. The maximum absolute atomic E-state index is 11.0. The van der Waals surface area contributed by atoms with Gasteiger partial charge in [0.1, 0.15) is 0 Å². The highest BCUT2D eigenvalue weighted by Gasteiger charge is 2.49. The van der Waals surface area contributed by atoms with Crippen molar-refractivity contribution in [2.45, 2.75) is 45.6 Å². The lowest BCUT2D eigenvalue weighted by atomic mass is 10.2. The van der Waals surface area contributed by atoms with E-state index in [2.05, 4.69) is 0 Å². The van der Waals surface area contributed by atoms with Crippen molar-refractivity contribution in [2.75, 3.05) is 19.8 Å². The smallest absolute Gasteiger partial charge is 0.481 e. The van der Waals surface area contributed by atoms with E-state index in [9.17, 15) is 9.59 Å². The fourth-order valence-electron chi connectivity index (χ4n) is 1.99. The molecule has 2 N–H and O–H groups in total. The van der Waals surface area contributed by atoms with Gasteiger partial charge in [-0.25, -0.2) is 0 Å². The van der Waals surface area contributed by atoms with Crippen LogP contribution in [0.4, 0.5) is 0 Å². The summed E-state index contributed by atoms with van der Waals surface area (Å²) in [7, 11) is -3.20. The van der Waals surface area contributed by atoms with E-state index in [1.807, 2.05) is 0 Å². The Morgan fingerprint density at radius 3 is 1.70 bits per heavy atom. The van der Waals surface area contributed by atoms with Crippen LogP contribution in [-0.2, 0) is 22.9 Å². The van der Waals surface area contributed by atoms with Crippen molar-refractivity contribution >= 4 is 20.7 Å². The molecule has 0 radical (unpaired) electrons. The van der Waals surface area contributed by atoms with Crippen LogP contribution in [0.25, 0.3) is 0 Å². The zero-order chi connectivity index (χ0) is 15.6. The van der Waals surface area contributed by atoms with Crippen molar-refractivity contribution in [1.29, 1.82) is 0 Å². The minimum Gasteiger partial charge on any atom is -0.481 e. The molecule has 0 heterocycles. The van der Waals surface area contributed by atoms with Gasteiger partial charge < -0.3 is 23.5 Å². The summed E-state index contributed by atoms with van der Waals surface area (Å²) in [6.45, 7) is 6.30. The van der Waals surface area contributed by atoms with Gasteiger partial charge >= 0.3 is 20.7 Å².